The molecule has 0 saturated carbocycles. The van der Waals surface area contributed by atoms with Crippen LogP contribution >= 0.6 is 0 Å². The topological polar surface area (TPSA) is 52.6 Å². The van der Waals surface area contributed by atoms with Gasteiger partial charge in [-0.25, -0.2) is 0 Å². The molecule has 0 unspecified atom stereocenters. The first-order valence-electron chi connectivity index (χ1n) is 6.15. The van der Waals surface area contributed by atoms with E-state index in [0.717, 1.165) is 0 Å². The highest BCUT2D eigenvalue weighted by atomic mass is 16.6. The summed E-state index contributed by atoms with van der Waals surface area (Å²) in [6.45, 7) is 4.70. The zero-order chi connectivity index (χ0) is 15.2. The van der Waals surface area contributed by atoms with E-state index in [-0.39, 0.29) is 12.6 Å². The van der Waals surface area contributed by atoms with Gasteiger partial charge in [-0.3, -0.25) is 9.59 Å². The van der Waals surface area contributed by atoms with E-state index in [1.54, 1.807) is 18.2 Å². The summed E-state index contributed by atoms with van der Waals surface area (Å²) < 4.78 is 9.84. The lowest BCUT2D eigenvalue weighted by Gasteiger charge is -2.12. The zero-order valence-corrected chi connectivity index (χ0v) is 11.9. The van der Waals surface area contributed by atoms with E-state index in [9.17, 15) is 9.59 Å². The predicted octanol–water partition coefficient (Wildman–Crippen LogP) is 2.01. The van der Waals surface area contributed by atoms with Gasteiger partial charge < -0.3 is 9.47 Å². The lowest BCUT2D eigenvalue weighted by atomic mass is 10.2. The Hall–Kier alpha value is -2.46. The number of carbonyl (C=O) groups is 2. The molecule has 106 valence electrons. The van der Waals surface area contributed by atoms with Crippen molar-refractivity contribution >= 4 is 11.9 Å². The molecule has 0 radical (unpaired) electrons. The number of ether oxygens (including phenoxy) is 2. The Kier molecular flexibility index (Phi) is 10.2. The van der Waals surface area contributed by atoms with Crippen LogP contribution in [0.1, 0.15) is 27.2 Å². The second kappa shape index (κ2) is 11.6. The van der Waals surface area contributed by atoms with Crippen molar-refractivity contribution in [1.29, 1.82) is 0 Å². The van der Waals surface area contributed by atoms with Crippen molar-refractivity contribution in [3.63, 3.8) is 0 Å². The van der Waals surface area contributed by atoms with Crippen LogP contribution in [0.4, 0.5) is 0 Å². The van der Waals surface area contributed by atoms with Gasteiger partial charge in [-0.05, 0) is 37.0 Å². The highest BCUT2D eigenvalue weighted by Crippen LogP contribution is 2.02. The number of esters is 2. The summed E-state index contributed by atoms with van der Waals surface area (Å²) in [5.41, 5.74) is 0. The maximum absolute atomic E-state index is 10.9. The smallest absolute Gasteiger partial charge is 0.303 e. The molecule has 0 aliphatic heterocycles. The summed E-state index contributed by atoms with van der Waals surface area (Å²) in [7, 11) is 0. The summed E-state index contributed by atoms with van der Waals surface area (Å²) in [6.07, 6.45) is 6.63. The van der Waals surface area contributed by atoms with Crippen LogP contribution in [0, 0.1) is 23.7 Å². The van der Waals surface area contributed by atoms with Gasteiger partial charge in [-0.2, -0.15) is 0 Å². The standard InChI is InChI=1S/C16H18O4/c1-4-5-6-7-8-9-10-11-16(20-15(3)18)12-13-19-14(2)17/h4-5,10-11,16H,12-13H2,1-3H3/b5-4+,11-10+/t16-/m1/s1. The van der Waals surface area contributed by atoms with E-state index in [2.05, 4.69) is 23.7 Å². The minimum absolute atomic E-state index is 0.187. The molecule has 0 heterocycles. The fourth-order valence-corrected chi connectivity index (χ4v) is 1.12. The van der Waals surface area contributed by atoms with Crippen molar-refractivity contribution in [2.24, 2.45) is 0 Å². The first-order chi connectivity index (χ1) is 9.56. The van der Waals surface area contributed by atoms with Crippen molar-refractivity contribution in [2.75, 3.05) is 6.61 Å². The minimum Gasteiger partial charge on any atom is -0.466 e. The molecular formula is C16H18O4. The van der Waals surface area contributed by atoms with Crippen LogP contribution in [0.2, 0.25) is 0 Å². The van der Waals surface area contributed by atoms with Gasteiger partial charge in [0.2, 0.25) is 0 Å². The highest BCUT2D eigenvalue weighted by molar-refractivity contribution is 5.66. The van der Waals surface area contributed by atoms with Crippen molar-refractivity contribution in [3.05, 3.63) is 24.3 Å². The average Bonchev–Trinajstić information content (AvgIpc) is 2.36. The molecule has 4 nitrogen and oxygen atoms in total. The molecule has 0 aromatic carbocycles. The zero-order valence-electron chi connectivity index (χ0n) is 11.9. The van der Waals surface area contributed by atoms with Gasteiger partial charge in [0, 0.05) is 20.3 Å². The second-order valence-electron chi connectivity index (χ2n) is 3.67. The monoisotopic (exact) mass is 274 g/mol. The summed E-state index contributed by atoms with van der Waals surface area (Å²) in [4.78, 5) is 21.6. The van der Waals surface area contributed by atoms with E-state index < -0.39 is 12.1 Å². The third-order valence-corrected chi connectivity index (χ3v) is 1.88. The van der Waals surface area contributed by atoms with Gasteiger partial charge in [0.05, 0.1) is 6.61 Å². The molecule has 0 rings (SSSR count). The van der Waals surface area contributed by atoms with Crippen molar-refractivity contribution in [1.82, 2.24) is 0 Å². The highest BCUT2D eigenvalue weighted by Gasteiger charge is 2.08. The predicted molar refractivity (Wildman–Crippen MR) is 76.3 cm³/mol. The molecule has 0 spiro atoms. The Morgan fingerprint density at radius 1 is 1.10 bits per heavy atom. The summed E-state index contributed by atoms with van der Waals surface area (Å²) in [5.74, 6) is 9.93. The van der Waals surface area contributed by atoms with Crippen LogP contribution in [0.3, 0.4) is 0 Å². The normalized spacial score (nSPS) is 11.2. The van der Waals surface area contributed by atoms with Crippen LogP contribution < -0.4 is 0 Å². The molecule has 0 aromatic heterocycles. The van der Waals surface area contributed by atoms with Gasteiger partial charge in [0.25, 0.3) is 0 Å². The summed E-state index contributed by atoms with van der Waals surface area (Å²) in [5, 5.41) is 0. The SMILES string of the molecule is C/C=C/C#CC#C/C=C/[C@H](CCOC(C)=O)OC(C)=O. The molecule has 20 heavy (non-hydrogen) atoms. The molecule has 0 aliphatic carbocycles. The fraction of sp³-hybridized carbons (Fsp3) is 0.375. The van der Waals surface area contributed by atoms with Crippen LogP contribution in [-0.2, 0) is 19.1 Å². The third-order valence-electron chi connectivity index (χ3n) is 1.88. The maximum atomic E-state index is 10.9. The van der Waals surface area contributed by atoms with Crippen LogP contribution in [0.25, 0.3) is 0 Å². The molecule has 0 aromatic rings. The summed E-state index contributed by atoms with van der Waals surface area (Å²) in [6, 6.07) is 0. The maximum Gasteiger partial charge on any atom is 0.303 e. The number of allylic oxidation sites excluding steroid dienone is 3. The van der Waals surface area contributed by atoms with Crippen LogP contribution in [0.15, 0.2) is 24.3 Å². The molecular weight excluding hydrogens is 256 g/mol. The van der Waals surface area contributed by atoms with Crippen molar-refractivity contribution in [3.8, 4) is 23.7 Å². The summed E-state index contributed by atoms with van der Waals surface area (Å²) >= 11 is 0. The molecule has 4 heteroatoms. The van der Waals surface area contributed by atoms with Gasteiger partial charge in [-0.15, -0.1) is 0 Å². The lowest BCUT2D eigenvalue weighted by Crippen LogP contribution is -2.17. The van der Waals surface area contributed by atoms with Gasteiger partial charge in [0.15, 0.2) is 0 Å². The fourth-order valence-electron chi connectivity index (χ4n) is 1.12. The van der Waals surface area contributed by atoms with E-state index in [1.165, 1.54) is 13.8 Å². The first-order valence-corrected chi connectivity index (χ1v) is 6.15. The molecule has 0 fully saturated rings. The molecule has 1 atom stereocenters. The molecule has 0 amide bonds. The molecule has 0 bridgehead atoms. The quantitative estimate of drug-likeness (QED) is 0.568. The first kappa shape index (κ1) is 17.5. The third kappa shape index (κ3) is 12.0. The number of carbonyl (C=O) groups excluding carboxylic acids is 2. The average molecular weight is 274 g/mol. The van der Waals surface area contributed by atoms with Crippen molar-refractivity contribution < 1.29 is 19.1 Å². The van der Waals surface area contributed by atoms with Gasteiger partial charge in [-0.1, -0.05) is 17.9 Å². The van der Waals surface area contributed by atoms with E-state index in [4.69, 9.17) is 9.47 Å². The van der Waals surface area contributed by atoms with E-state index in [0.29, 0.717) is 6.42 Å². The molecule has 0 N–H and O–H groups in total. The van der Waals surface area contributed by atoms with Crippen molar-refractivity contribution in [2.45, 2.75) is 33.3 Å². The Labute approximate surface area is 119 Å². The van der Waals surface area contributed by atoms with E-state index in [1.807, 2.05) is 13.0 Å². The Balaban J connectivity index is 4.37. The lowest BCUT2D eigenvalue weighted by molar-refractivity contribution is -0.146. The Morgan fingerprint density at radius 2 is 1.75 bits per heavy atom. The van der Waals surface area contributed by atoms with Gasteiger partial charge >= 0.3 is 11.9 Å². The Bertz CT molecular complexity index is 492. The number of hydrogen-bond donors (Lipinski definition) is 0. The van der Waals surface area contributed by atoms with Gasteiger partial charge in [0.1, 0.15) is 6.10 Å². The van der Waals surface area contributed by atoms with E-state index >= 15 is 0 Å². The number of hydrogen-bond acceptors (Lipinski definition) is 4. The molecule has 0 aliphatic rings. The van der Waals surface area contributed by atoms with Crippen LogP contribution in [0.5, 0.6) is 0 Å². The van der Waals surface area contributed by atoms with Crippen LogP contribution in [-0.4, -0.2) is 24.6 Å². The minimum atomic E-state index is -0.468. The Morgan fingerprint density at radius 3 is 2.30 bits per heavy atom. The number of rotatable bonds is 5. The molecule has 0 saturated heterocycles. The largest absolute Gasteiger partial charge is 0.466 e. The second-order valence-corrected chi connectivity index (χ2v) is 3.67.